The normalized spacial score (nSPS) is 11.4. The molecule has 0 aliphatic carbocycles. The number of hydrogen-bond acceptors (Lipinski definition) is 3. The lowest BCUT2D eigenvalue weighted by Crippen LogP contribution is -2.19. The highest BCUT2D eigenvalue weighted by Gasteiger charge is 2.16. The van der Waals surface area contributed by atoms with Gasteiger partial charge in [-0.25, -0.2) is 9.97 Å². The highest BCUT2D eigenvalue weighted by molar-refractivity contribution is 6.14. The number of para-hydroxylation sites is 1. The van der Waals surface area contributed by atoms with E-state index in [9.17, 15) is 0 Å². The van der Waals surface area contributed by atoms with Crippen molar-refractivity contribution in [1.82, 2.24) is 9.97 Å². The van der Waals surface area contributed by atoms with Gasteiger partial charge in [0.25, 0.3) is 0 Å². The van der Waals surface area contributed by atoms with Crippen LogP contribution in [0.1, 0.15) is 11.5 Å². The van der Waals surface area contributed by atoms with Crippen LogP contribution in [0.4, 0.5) is 5.69 Å². The van der Waals surface area contributed by atoms with Crippen molar-refractivity contribution >= 4 is 38.1 Å². The largest absolute Gasteiger partial charge is 0.367 e. The average Bonchev–Trinajstić information content (AvgIpc) is 2.88. The van der Waals surface area contributed by atoms with Crippen LogP contribution in [0.3, 0.4) is 0 Å². The minimum absolute atomic E-state index is 0.630. The molecule has 6 rings (SSSR count). The van der Waals surface area contributed by atoms with Gasteiger partial charge in [-0.05, 0) is 46.2 Å². The van der Waals surface area contributed by atoms with Crippen LogP contribution < -0.4 is 4.90 Å². The molecule has 0 unspecified atom stereocenters. The molecule has 0 radical (unpaired) electrons. The van der Waals surface area contributed by atoms with E-state index >= 15 is 0 Å². The minimum atomic E-state index is 0.630. The summed E-state index contributed by atoms with van der Waals surface area (Å²) < 4.78 is 0. The van der Waals surface area contributed by atoms with Gasteiger partial charge in [-0.15, -0.1) is 0 Å². The summed E-state index contributed by atoms with van der Waals surface area (Å²) in [6.45, 7) is 2.69. The fraction of sp³-hybridized carbons (Fsp3) is 0.0968. The summed E-state index contributed by atoms with van der Waals surface area (Å²) in [5.41, 5.74) is 5.63. The van der Waals surface area contributed by atoms with Gasteiger partial charge < -0.3 is 4.90 Å². The summed E-state index contributed by atoms with van der Waals surface area (Å²) in [4.78, 5) is 11.9. The maximum atomic E-state index is 4.85. The first-order chi connectivity index (χ1) is 16.7. The summed E-state index contributed by atoms with van der Waals surface area (Å²) in [7, 11) is 2.13. The lowest BCUT2D eigenvalue weighted by atomic mass is 9.93. The summed E-state index contributed by atoms with van der Waals surface area (Å²) in [5.74, 6) is 0.830. The maximum Gasteiger partial charge on any atom is 0.148 e. The van der Waals surface area contributed by atoms with Crippen LogP contribution in [0.5, 0.6) is 0 Å². The second-order valence-corrected chi connectivity index (χ2v) is 8.81. The van der Waals surface area contributed by atoms with Crippen LogP contribution in [0.25, 0.3) is 43.6 Å². The molecule has 0 amide bonds. The Bertz CT molecular complexity index is 1650. The molecular weight excluding hydrogens is 414 g/mol. The van der Waals surface area contributed by atoms with Crippen LogP contribution in [0.15, 0.2) is 103 Å². The van der Waals surface area contributed by atoms with Crippen LogP contribution in [-0.4, -0.2) is 17.0 Å². The van der Waals surface area contributed by atoms with Crippen LogP contribution >= 0.6 is 0 Å². The first-order valence-electron chi connectivity index (χ1n) is 11.6. The highest BCUT2D eigenvalue weighted by Crippen LogP contribution is 2.40. The molecule has 34 heavy (non-hydrogen) atoms. The second kappa shape index (κ2) is 8.27. The zero-order chi connectivity index (χ0) is 23.1. The Morgan fingerprint density at radius 2 is 1.32 bits per heavy atom. The molecule has 1 heterocycles. The second-order valence-electron chi connectivity index (χ2n) is 8.81. The first-order valence-corrected chi connectivity index (χ1v) is 11.6. The SMILES string of the molecule is Cc1nc(CN(C)c2ccc3c(ccc4ccccc43)c2-c2ccccc2)nc2ccccc12. The van der Waals surface area contributed by atoms with Crippen molar-refractivity contribution in [3.63, 3.8) is 0 Å². The number of anilines is 1. The smallest absolute Gasteiger partial charge is 0.148 e. The molecule has 0 aliphatic rings. The lowest BCUT2D eigenvalue weighted by Gasteiger charge is -2.24. The van der Waals surface area contributed by atoms with E-state index in [0.29, 0.717) is 6.54 Å². The van der Waals surface area contributed by atoms with Crippen LogP contribution in [-0.2, 0) is 6.54 Å². The Labute approximate surface area is 199 Å². The quantitative estimate of drug-likeness (QED) is 0.266. The molecule has 3 nitrogen and oxygen atoms in total. The van der Waals surface area contributed by atoms with Crippen molar-refractivity contribution in [2.45, 2.75) is 13.5 Å². The van der Waals surface area contributed by atoms with Crippen molar-refractivity contribution < 1.29 is 0 Å². The molecule has 3 heteroatoms. The van der Waals surface area contributed by atoms with E-state index in [0.717, 1.165) is 22.4 Å². The van der Waals surface area contributed by atoms with Gasteiger partial charge in [0, 0.05) is 29.4 Å². The van der Waals surface area contributed by atoms with Crippen molar-refractivity contribution in [2.24, 2.45) is 0 Å². The monoisotopic (exact) mass is 439 g/mol. The van der Waals surface area contributed by atoms with Gasteiger partial charge >= 0.3 is 0 Å². The number of rotatable bonds is 4. The molecule has 0 N–H and O–H groups in total. The minimum Gasteiger partial charge on any atom is -0.367 e. The van der Waals surface area contributed by atoms with Crippen molar-refractivity contribution in [1.29, 1.82) is 0 Å². The Morgan fingerprint density at radius 3 is 2.18 bits per heavy atom. The molecule has 0 spiro atoms. The molecular formula is C31H25N3. The maximum absolute atomic E-state index is 4.85. The van der Waals surface area contributed by atoms with E-state index in [-0.39, 0.29) is 0 Å². The van der Waals surface area contributed by atoms with E-state index in [2.05, 4.69) is 110 Å². The van der Waals surface area contributed by atoms with Gasteiger partial charge in [-0.2, -0.15) is 0 Å². The Morgan fingerprint density at radius 1 is 0.618 bits per heavy atom. The van der Waals surface area contributed by atoms with Crippen molar-refractivity contribution in [3.05, 3.63) is 115 Å². The molecule has 0 fully saturated rings. The molecule has 5 aromatic carbocycles. The molecule has 0 aliphatic heterocycles. The number of aryl methyl sites for hydroxylation is 1. The van der Waals surface area contributed by atoms with E-state index < -0.39 is 0 Å². The van der Waals surface area contributed by atoms with Crippen LogP contribution in [0, 0.1) is 6.92 Å². The highest BCUT2D eigenvalue weighted by atomic mass is 15.1. The van der Waals surface area contributed by atoms with Gasteiger partial charge in [0.15, 0.2) is 0 Å². The predicted molar refractivity (Wildman–Crippen MR) is 143 cm³/mol. The number of fused-ring (bicyclic) bond motifs is 4. The van der Waals surface area contributed by atoms with E-state index in [1.165, 1.54) is 38.4 Å². The third-order valence-corrected chi connectivity index (χ3v) is 6.60. The molecule has 0 atom stereocenters. The van der Waals surface area contributed by atoms with Gasteiger partial charge in [-0.1, -0.05) is 91.0 Å². The fourth-order valence-corrected chi connectivity index (χ4v) is 4.97. The number of aromatic nitrogens is 2. The fourth-order valence-electron chi connectivity index (χ4n) is 4.97. The number of benzene rings is 5. The zero-order valence-electron chi connectivity index (χ0n) is 19.4. The van der Waals surface area contributed by atoms with Gasteiger partial charge in [0.1, 0.15) is 5.82 Å². The molecule has 0 bridgehead atoms. The van der Waals surface area contributed by atoms with E-state index in [1.807, 2.05) is 12.1 Å². The topological polar surface area (TPSA) is 29.0 Å². The van der Waals surface area contributed by atoms with Crippen molar-refractivity contribution in [2.75, 3.05) is 11.9 Å². The molecule has 6 aromatic rings. The predicted octanol–water partition coefficient (Wildman–Crippen LogP) is 7.55. The van der Waals surface area contributed by atoms with Gasteiger partial charge in [0.2, 0.25) is 0 Å². The average molecular weight is 440 g/mol. The molecule has 0 saturated carbocycles. The number of hydrogen-bond donors (Lipinski definition) is 0. The standard InChI is InChI=1S/C31H25N3/c1-21-24-13-8-9-15-28(24)33-30(32-21)20-34(2)29-19-18-26-25-14-7-6-10-22(25)16-17-27(26)31(29)23-11-4-3-5-12-23/h3-19H,20H2,1-2H3. The summed E-state index contributed by atoms with van der Waals surface area (Å²) in [6.07, 6.45) is 0. The van der Waals surface area contributed by atoms with Crippen molar-refractivity contribution in [3.8, 4) is 11.1 Å². The summed E-state index contributed by atoms with van der Waals surface area (Å²) in [5, 5.41) is 6.17. The van der Waals surface area contributed by atoms with Crippen LogP contribution in [0.2, 0.25) is 0 Å². The summed E-state index contributed by atoms with van der Waals surface area (Å²) >= 11 is 0. The number of nitrogens with zero attached hydrogens (tertiary/aromatic N) is 3. The zero-order valence-corrected chi connectivity index (χ0v) is 19.4. The van der Waals surface area contributed by atoms with E-state index in [1.54, 1.807) is 0 Å². The molecule has 1 aromatic heterocycles. The summed E-state index contributed by atoms with van der Waals surface area (Å²) in [6, 6.07) is 36.5. The lowest BCUT2D eigenvalue weighted by molar-refractivity contribution is 0.841. The Kier molecular flexibility index (Phi) is 4.96. The molecule has 164 valence electrons. The van der Waals surface area contributed by atoms with Gasteiger partial charge in [-0.3, -0.25) is 0 Å². The van der Waals surface area contributed by atoms with E-state index in [4.69, 9.17) is 9.97 Å². The first kappa shape index (κ1) is 20.4. The Balaban J connectivity index is 1.52. The Hall–Kier alpha value is -4.24. The third-order valence-electron chi connectivity index (χ3n) is 6.60. The molecule has 0 saturated heterocycles. The van der Waals surface area contributed by atoms with Gasteiger partial charge in [0.05, 0.1) is 12.1 Å². The third kappa shape index (κ3) is 3.46.